The molecule has 0 spiro atoms. The molecule has 0 atom stereocenters. The van der Waals surface area contributed by atoms with Crippen molar-refractivity contribution in [2.45, 2.75) is 6.54 Å². The molecule has 0 fully saturated rings. The van der Waals surface area contributed by atoms with Gasteiger partial charge in [0.15, 0.2) is 0 Å². The summed E-state index contributed by atoms with van der Waals surface area (Å²) >= 11 is 3.34. The van der Waals surface area contributed by atoms with Crippen molar-refractivity contribution in [1.29, 1.82) is 0 Å². The van der Waals surface area contributed by atoms with Gasteiger partial charge in [0.25, 0.3) is 5.91 Å². The molecule has 4 heteroatoms. The van der Waals surface area contributed by atoms with E-state index in [0.29, 0.717) is 12.1 Å². The van der Waals surface area contributed by atoms with Gasteiger partial charge in [0.05, 0.1) is 14.8 Å². The van der Waals surface area contributed by atoms with Crippen molar-refractivity contribution in [3.05, 3.63) is 64.1 Å². The maximum Gasteiger partial charge on any atom is 0.258 e. The molecule has 1 heterocycles. The molecule has 0 N–H and O–H groups in total. The van der Waals surface area contributed by atoms with Gasteiger partial charge in [0.2, 0.25) is 0 Å². The highest BCUT2D eigenvalue weighted by Gasteiger charge is 2.23. The van der Waals surface area contributed by atoms with Crippen LogP contribution in [0.1, 0.15) is 18.7 Å². The van der Waals surface area contributed by atoms with E-state index in [1.165, 1.54) is 4.90 Å². The van der Waals surface area contributed by atoms with Gasteiger partial charge in [-0.15, -0.1) is 0 Å². The summed E-state index contributed by atoms with van der Waals surface area (Å²) in [6.07, 6.45) is 0. The van der Waals surface area contributed by atoms with Crippen molar-refractivity contribution in [1.82, 2.24) is 4.90 Å². The zero-order valence-corrected chi connectivity index (χ0v) is 12.3. The summed E-state index contributed by atoms with van der Waals surface area (Å²) in [4.78, 5) is 14.2. The molecular formula is C16H14BrNO2. The minimum Gasteiger partial charge on any atom is -0.491 e. The quantitative estimate of drug-likeness (QED) is 0.841. The second-order valence-corrected chi connectivity index (χ2v) is 5.45. The zero-order valence-electron chi connectivity index (χ0n) is 12.7. The lowest BCUT2D eigenvalue weighted by Crippen LogP contribution is -2.31. The van der Waals surface area contributed by atoms with Gasteiger partial charge in [-0.1, -0.05) is 46.3 Å². The molecule has 2 aromatic rings. The van der Waals surface area contributed by atoms with Crippen LogP contribution in [-0.4, -0.2) is 23.9 Å². The lowest BCUT2D eigenvalue weighted by atomic mass is 10.1. The summed E-state index contributed by atoms with van der Waals surface area (Å²) in [7, 11) is 0. The molecule has 0 aliphatic carbocycles. The lowest BCUT2D eigenvalue weighted by Gasteiger charge is -2.20. The largest absolute Gasteiger partial charge is 0.491 e. The van der Waals surface area contributed by atoms with E-state index in [2.05, 4.69) is 15.9 Å². The number of rotatable bonds is 2. The number of hydrogen-bond donors (Lipinski definition) is 0. The molecule has 1 amide bonds. The SMILES string of the molecule is [2H]C1([2H])CN(Cc2ccccc2)C(=O)c2cc(Br)ccc2O1. The zero-order chi connectivity index (χ0) is 15.7. The Kier molecular flexibility index (Phi) is 3.09. The highest BCUT2D eigenvalue weighted by Crippen LogP contribution is 2.27. The Morgan fingerprint density at radius 2 is 2.05 bits per heavy atom. The first-order chi connectivity index (χ1) is 10.4. The molecule has 1 aliphatic heterocycles. The van der Waals surface area contributed by atoms with Crippen LogP contribution >= 0.6 is 15.9 Å². The maximum atomic E-state index is 12.7. The third-order valence-corrected chi connectivity index (χ3v) is 3.61. The molecule has 2 aromatic carbocycles. The van der Waals surface area contributed by atoms with Crippen molar-refractivity contribution >= 4 is 21.8 Å². The molecular weight excluding hydrogens is 318 g/mol. The van der Waals surface area contributed by atoms with Crippen molar-refractivity contribution in [3.8, 4) is 5.75 Å². The average Bonchev–Trinajstić information content (AvgIpc) is 2.56. The molecule has 3 rings (SSSR count). The Hall–Kier alpha value is -1.81. The van der Waals surface area contributed by atoms with Gasteiger partial charge < -0.3 is 9.64 Å². The van der Waals surface area contributed by atoms with Gasteiger partial charge >= 0.3 is 0 Å². The van der Waals surface area contributed by atoms with Crippen LogP contribution in [0.25, 0.3) is 0 Å². The number of carbonyl (C=O) groups excluding carboxylic acids is 1. The Bertz CT molecular complexity index is 707. The number of hydrogen-bond acceptors (Lipinski definition) is 2. The maximum absolute atomic E-state index is 12.7. The van der Waals surface area contributed by atoms with Crippen LogP contribution < -0.4 is 4.74 Å². The fraction of sp³-hybridized carbons (Fsp3) is 0.188. The monoisotopic (exact) mass is 333 g/mol. The van der Waals surface area contributed by atoms with Gasteiger partial charge in [-0.25, -0.2) is 0 Å². The van der Waals surface area contributed by atoms with E-state index < -0.39 is 6.56 Å². The Balaban J connectivity index is 1.98. The summed E-state index contributed by atoms with van der Waals surface area (Å²) in [6, 6.07) is 14.5. The molecule has 3 nitrogen and oxygen atoms in total. The number of amides is 1. The Morgan fingerprint density at radius 1 is 1.25 bits per heavy atom. The summed E-state index contributed by atoms with van der Waals surface area (Å²) < 4.78 is 22.1. The summed E-state index contributed by atoms with van der Waals surface area (Å²) in [6.45, 7) is -1.70. The second kappa shape index (κ2) is 5.67. The van der Waals surface area contributed by atoms with Crippen LogP contribution in [0.15, 0.2) is 53.0 Å². The first-order valence-corrected chi connectivity index (χ1v) is 7.06. The summed E-state index contributed by atoms with van der Waals surface area (Å²) in [5, 5.41) is 0. The van der Waals surface area contributed by atoms with Crippen molar-refractivity contribution in [3.63, 3.8) is 0 Å². The van der Waals surface area contributed by atoms with Crippen LogP contribution in [0.5, 0.6) is 5.75 Å². The number of carbonyl (C=O) groups is 1. The van der Waals surface area contributed by atoms with Gasteiger partial charge in [0.1, 0.15) is 12.3 Å². The number of ether oxygens (including phenoxy) is 1. The van der Waals surface area contributed by atoms with Gasteiger partial charge in [0, 0.05) is 11.0 Å². The van der Waals surface area contributed by atoms with Crippen LogP contribution in [0, 0.1) is 0 Å². The fourth-order valence-electron chi connectivity index (χ4n) is 2.12. The summed E-state index contributed by atoms with van der Waals surface area (Å²) in [5.74, 6) is 0.0373. The van der Waals surface area contributed by atoms with Crippen molar-refractivity contribution < 1.29 is 12.3 Å². The highest BCUT2D eigenvalue weighted by molar-refractivity contribution is 9.10. The van der Waals surface area contributed by atoms with Crippen molar-refractivity contribution in [2.75, 3.05) is 13.1 Å². The smallest absolute Gasteiger partial charge is 0.258 e. The topological polar surface area (TPSA) is 29.5 Å². The lowest BCUT2D eigenvalue weighted by molar-refractivity contribution is 0.0743. The third-order valence-electron chi connectivity index (χ3n) is 3.11. The number of halogens is 1. The average molecular weight is 334 g/mol. The van der Waals surface area contributed by atoms with Crippen LogP contribution in [0.4, 0.5) is 0 Å². The predicted octanol–water partition coefficient (Wildman–Crippen LogP) is 3.48. The molecule has 0 unspecified atom stereocenters. The Labute approximate surface area is 129 Å². The van der Waals surface area contributed by atoms with E-state index >= 15 is 0 Å². The van der Waals surface area contributed by atoms with Gasteiger partial charge in [-0.3, -0.25) is 4.79 Å². The standard InChI is InChI=1S/C16H14BrNO2/c17-13-6-7-15-14(10-13)16(19)18(8-9-20-15)11-12-4-2-1-3-5-12/h1-7,10H,8-9,11H2/i9D2. The van der Waals surface area contributed by atoms with E-state index in [9.17, 15) is 4.79 Å². The van der Waals surface area contributed by atoms with E-state index in [0.717, 1.165) is 10.0 Å². The van der Waals surface area contributed by atoms with E-state index in [-0.39, 0.29) is 18.2 Å². The van der Waals surface area contributed by atoms with Crippen LogP contribution in [-0.2, 0) is 6.54 Å². The van der Waals surface area contributed by atoms with Crippen molar-refractivity contribution in [2.24, 2.45) is 0 Å². The van der Waals surface area contributed by atoms with Gasteiger partial charge in [-0.05, 0) is 23.8 Å². The highest BCUT2D eigenvalue weighted by atomic mass is 79.9. The molecule has 0 saturated heterocycles. The molecule has 0 bridgehead atoms. The molecule has 1 aliphatic rings. The molecule has 20 heavy (non-hydrogen) atoms. The van der Waals surface area contributed by atoms with Gasteiger partial charge in [-0.2, -0.15) is 0 Å². The predicted molar refractivity (Wildman–Crippen MR) is 80.8 cm³/mol. The number of fused-ring (bicyclic) bond motifs is 1. The molecule has 0 radical (unpaired) electrons. The number of benzene rings is 2. The first-order valence-electron chi connectivity index (χ1n) is 7.26. The van der Waals surface area contributed by atoms with E-state index in [4.69, 9.17) is 7.48 Å². The normalized spacial score (nSPS) is 18.4. The first kappa shape index (κ1) is 10.9. The van der Waals surface area contributed by atoms with Crippen LogP contribution in [0.3, 0.4) is 0 Å². The van der Waals surface area contributed by atoms with E-state index in [1.54, 1.807) is 18.2 Å². The summed E-state index contributed by atoms with van der Waals surface area (Å²) in [5.41, 5.74) is 1.32. The van der Waals surface area contributed by atoms with Crippen LogP contribution in [0.2, 0.25) is 0 Å². The second-order valence-electron chi connectivity index (χ2n) is 4.53. The molecule has 102 valence electrons. The molecule has 0 saturated carbocycles. The minimum absolute atomic E-state index is 0.118. The molecule has 0 aromatic heterocycles. The number of nitrogens with zero attached hydrogens (tertiary/aromatic N) is 1. The third kappa shape index (κ3) is 2.70. The van der Waals surface area contributed by atoms with E-state index in [1.807, 2.05) is 30.3 Å². The fourth-order valence-corrected chi connectivity index (χ4v) is 2.48. The minimum atomic E-state index is -1.93. The Morgan fingerprint density at radius 3 is 2.85 bits per heavy atom.